The van der Waals surface area contributed by atoms with Crippen LogP contribution in [0.4, 0.5) is 0 Å². The Morgan fingerprint density at radius 1 is 1.21 bits per heavy atom. The van der Waals surface area contributed by atoms with Crippen LogP contribution in [0.1, 0.15) is 16.1 Å². The molecule has 24 heavy (non-hydrogen) atoms. The van der Waals surface area contributed by atoms with Crippen molar-refractivity contribution >= 4 is 11.8 Å². The van der Waals surface area contributed by atoms with E-state index in [0.717, 1.165) is 5.56 Å². The van der Waals surface area contributed by atoms with Crippen LogP contribution in [0.3, 0.4) is 0 Å². The Balaban J connectivity index is 1.72. The monoisotopic (exact) mass is 329 g/mol. The van der Waals surface area contributed by atoms with Crippen molar-refractivity contribution in [3.63, 3.8) is 0 Å². The lowest BCUT2D eigenvalue weighted by atomic mass is 10.1. The summed E-state index contributed by atoms with van der Waals surface area (Å²) >= 11 is 0. The third-order valence-electron chi connectivity index (χ3n) is 4.16. The van der Waals surface area contributed by atoms with E-state index in [1.165, 1.54) is 11.1 Å². The number of H-pyrrole nitrogens is 2. The van der Waals surface area contributed by atoms with Gasteiger partial charge in [-0.15, -0.1) is 0 Å². The molecular weight excluding hydrogens is 310 g/mol. The van der Waals surface area contributed by atoms with E-state index in [1.54, 1.807) is 0 Å². The molecule has 1 atom stereocenters. The van der Waals surface area contributed by atoms with Crippen molar-refractivity contribution in [2.45, 2.75) is 12.6 Å². The quantitative estimate of drug-likeness (QED) is 0.702. The van der Waals surface area contributed by atoms with Gasteiger partial charge in [0.2, 0.25) is 5.91 Å². The number of amides is 2. The summed E-state index contributed by atoms with van der Waals surface area (Å²) < 4.78 is 0. The molecule has 1 aliphatic heterocycles. The first-order valence-electron chi connectivity index (χ1n) is 7.69. The standard InChI is InChI=1S/C16H19N5O3/c17-14(22)13-10-21(15(23)12-8-18-16(24)19-12)7-6-20(13)9-11-4-2-1-3-5-11/h1-5,8,13H,6-7,9-10H2,(H2,17,22)(H2,18,19,24)/t13-/m1/s1. The lowest BCUT2D eigenvalue weighted by molar-refractivity contribution is -0.125. The minimum atomic E-state index is -0.562. The summed E-state index contributed by atoms with van der Waals surface area (Å²) in [7, 11) is 0. The maximum atomic E-state index is 12.4. The van der Waals surface area contributed by atoms with Crippen LogP contribution in [-0.2, 0) is 11.3 Å². The number of nitrogens with two attached hydrogens (primary N) is 1. The molecule has 0 saturated carbocycles. The number of carbonyl (C=O) groups is 2. The number of carbonyl (C=O) groups excluding carboxylic acids is 2. The zero-order chi connectivity index (χ0) is 17.1. The highest BCUT2D eigenvalue weighted by Crippen LogP contribution is 2.15. The number of hydrogen-bond donors (Lipinski definition) is 3. The van der Waals surface area contributed by atoms with Crippen molar-refractivity contribution in [3.8, 4) is 0 Å². The molecule has 0 spiro atoms. The molecule has 0 unspecified atom stereocenters. The van der Waals surface area contributed by atoms with Crippen LogP contribution in [0.25, 0.3) is 0 Å². The van der Waals surface area contributed by atoms with Crippen LogP contribution in [-0.4, -0.2) is 57.3 Å². The van der Waals surface area contributed by atoms with Crippen LogP contribution in [0.5, 0.6) is 0 Å². The molecule has 8 nitrogen and oxygen atoms in total. The van der Waals surface area contributed by atoms with E-state index in [-0.39, 0.29) is 18.1 Å². The number of hydrogen-bond acceptors (Lipinski definition) is 4. The van der Waals surface area contributed by atoms with Gasteiger partial charge in [0.15, 0.2) is 0 Å². The van der Waals surface area contributed by atoms with E-state index in [1.807, 2.05) is 35.2 Å². The van der Waals surface area contributed by atoms with Crippen LogP contribution < -0.4 is 11.4 Å². The second-order valence-corrected chi connectivity index (χ2v) is 5.78. The van der Waals surface area contributed by atoms with Gasteiger partial charge < -0.3 is 20.6 Å². The van der Waals surface area contributed by atoms with Gasteiger partial charge >= 0.3 is 5.69 Å². The van der Waals surface area contributed by atoms with E-state index < -0.39 is 17.6 Å². The maximum Gasteiger partial charge on any atom is 0.323 e. The number of nitrogens with zero attached hydrogens (tertiary/aromatic N) is 2. The summed E-state index contributed by atoms with van der Waals surface area (Å²) in [5.41, 5.74) is 6.36. The average Bonchev–Trinajstić information content (AvgIpc) is 3.02. The predicted molar refractivity (Wildman–Crippen MR) is 87.2 cm³/mol. The smallest absolute Gasteiger partial charge is 0.323 e. The molecule has 1 aliphatic rings. The summed E-state index contributed by atoms with van der Waals surface area (Å²) in [5, 5.41) is 0. The molecule has 2 amide bonds. The molecule has 8 heteroatoms. The van der Waals surface area contributed by atoms with Crippen molar-refractivity contribution in [1.82, 2.24) is 19.8 Å². The van der Waals surface area contributed by atoms with E-state index >= 15 is 0 Å². The van der Waals surface area contributed by atoms with Crippen LogP contribution in [0.15, 0.2) is 41.3 Å². The summed E-state index contributed by atoms with van der Waals surface area (Å²) in [5.74, 6) is -0.787. The molecule has 0 radical (unpaired) electrons. The lowest BCUT2D eigenvalue weighted by Crippen LogP contribution is -2.58. The number of rotatable bonds is 4. The van der Waals surface area contributed by atoms with Crippen molar-refractivity contribution in [2.75, 3.05) is 19.6 Å². The molecule has 1 aromatic carbocycles. The second kappa shape index (κ2) is 6.71. The third-order valence-corrected chi connectivity index (χ3v) is 4.16. The lowest BCUT2D eigenvalue weighted by Gasteiger charge is -2.39. The molecule has 0 bridgehead atoms. The Morgan fingerprint density at radius 3 is 2.58 bits per heavy atom. The first-order chi connectivity index (χ1) is 11.5. The highest BCUT2D eigenvalue weighted by molar-refractivity contribution is 5.92. The van der Waals surface area contributed by atoms with Gasteiger partial charge in [-0.2, -0.15) is 0 Å². The summed E-state index contributed by atoms with van der Waals surface area (Å²) in [6, 6.07) is 9.23. The largest absolute Gasteiger partial charge is 0.368 e. The van der Waals surface area contributed by atoms with Gasteiger partial charge in [-0.05, 0) is 5.56 Å². The first-order valence-corrected chi connectivity index (χ1v) is 7.69. The minimum absolute atomic E-state index is 0.180. The average molecular weight is 329 g/mol. The molecular formula is C16H19N5O3. The number of primary amides is 1. The van der Waals surface area contributed by atoms with Crippen molar-refractivity contribution < 1.29 is 9.59 Å². The molecule has 126 valence electrons. The Labute approximate surface area is 138 Å². The summed E-state index contributed by atoms with van der Waals surface area (Å²) in [6.07, 6.45) is 1.33. The highest BCUT2D eigenvalue weighted by Gasteiger charge is 2.33. The molecule has 4 N–H and O–H groups in total. The van der Waals surface area contributed by atoms with Crippen LogP contribution >= 0.6 is 0 Å². The molecule has 1 aromatic heterocycles. The zero-order valence-corrected chi connectivity index (χ0v) is 13.1. The number of benzene rings is 1. The third kappa shape index (κ3) is 3.38. The van der Waals surface area contributed by atoms with Gasteiger partial charge in [0.1, 0.15) is 11.7 Å². The molecule has 3 rings (SSSR count). The van der Waals surface area contributed by atoms with Gasteiger partial charge in [-0.3, -0.25) is 14.5 Å². The topological polar surface area (TPSA) is 115 Å². The van der Waals surface area contributed by atoms with E-state index in [2.05, 4.69) is 9.97 Å². The van der Waals surface area contributed by atoms with Gasteiger partial charge in [-0.25, -0.2) is 4.79 Å². The molecule has 1 fully saturated rings. The predicted octanol–water partition coefficient (Wildman–Crippen LogP) is -0.485. The van der Waals surface area contributed by atoms with Crippen molar-refractivity contribution in [1.29, 1.82) is 0 Å². The van der Waals surface area contributed by atoms with Crippen molar-refractivity contribution in [2.24, 2.45) is 5.73 Å². The Morgan fingerprint density at radius 2 is 1.96 bits per heavy atom. The Hall–Kier alpha value is -2.87. The molecule has 0 aliphatic carbocycles. The zero-order valence-electron chi connectivity index (χ0n) is 13.1. The van der Waals surface area contributed by atoms with Gasteiger partial charge in [0.25, 0.3) is 5.91 Å². The molecule has 1 saturated heterocycles. The first kappa shape index (κ1) is 16.0. The fraction of sp³-hybridized carbons (Fsp3) is 0.312. The highest BCUT2D eigenvalue weighted by atomic mass is 16.2. The number of piperazine rings is 1. The maximum absolute atomic E-state index is 12.4. The summed E-state index contributed by atoms with van der Waals surface area (Å²) in [6.45, 7) is 1.79. The Bertz CT molecular complexity index is 782. The fourth-order valence-corrected chi connectivity index (χ4v) is 2.90. The van der Waals surface area contributed by atoms with E-state index in [0.29, 0.717) is 19.6 Å². The fourth-order valence-electron chi connectivity index (χ4n) is 2.90. The van der Waals surface area contributed by atoms with Crippen molar-refractivity contribution in [3.05, 3.63) is 58.3 Å². The van der Waals surface area contributed by atoms with E-state index in [9.17, 15) is 14.4 Å². The minimum Gasteiger partial charge on any atom is -0.368 e. The van der Waals surface area contributed by atoms with Crippen LogP contribution in [0, 0.1) is 0 Å². The Kier molecular flexibility index (Phi) is 4.48. The second-order valence-electron chi connectivity index (χ2n) is 5.78. The molecule has 2 aromatic rings. The number of imidazole rings is 1. The molecule has 2 heterocycles. The van der Waals surface area contributed by atoms with Crippen LogP contribution in [0.2, 0.25) is 0 Å². The van der Waals surface area contributed by atoms with Gasteiger partial charge in [0, 0.05) is 32.4 Å². The van der Waals surface area contributed by atoms with Gasteiger partial charge in [-0.1, -0.05) is 30.3 Å². The number of aromatic nitrogens is 2. The normalized spacial score (nSPS) is 18.5. The van der Waals surface area contributed by atoms with E-state index in [4.69, 9.17) is 5.73 Å². The van der Waals surface area contributed by atoms with Gasteiger partial charge in [0.05, 0.1) is 0 Å². The SMILES string of the molecule is NC(=O)[C@H]1CN(C(=O)c2c[nH]c(=O)[nH]2)CCN1Cc1ccccc1. The number of aromatic amines is 2. The number of nitrogens with one attached hydrogen (secondary N) is 2. The summed E-state index contributed by atoms with van der Waals surface area (Å²) in [4.78, 5) is 43.7.